The third kappa shape index (κ3) is 11.4. The van der Waals surface area contributed by atoms with E-state index >= 15 is 0 Å². The Morgan fingerprint density at radius 3 is 1.00 bits per heavy atom. The molecule has 0 aromatic heterocycles. The van der Waals surface area contributed by atoms with Crippen LogP contribution in [0.4, 0.5) is 0 Å². The highest BCUT2D eigenvalue weighted by Crippen LogP contribution is 2.49. The van der Waals surface area contributed by atoms with Gasteiger partial charge in [-0.15, -0.1) is 0 Å². The fraction of sp³-hybridized carbons (Fsp3) is 1.00. The SMILES string of the molecule is OCC1CCCCCCCCCCCCCCCCCCCCCCC(CO)(CO)C1(CO)CO. The topological polar surface area (TPSA) is 101 Å². The number of aliphatic hydroxyl groups is 5. The molecule has 0 saturated heterocycles. The molecule has 0 aromatic rings. The van der Waals surface area contributed by atoms with Crippen LogP contribution in [0.5, 0.6) is 0 Å². The monoisotopic (exact) mass is 500 g/mol. The second-order valence-corrected chi connectivity index (χ2v) is 11.6. The van der Waals surface area contributed by atoms with Crippen LogP contribution in [0.15, 0.2) is 0 Å². The summed E-state index contributed by atoms with van der Waals surface area (Å²) in [6, 6.07) is 0. The summed E-state index contributed by atoms with van der Waals surface area (Å²) >= 11 is 0. The summed E-state index contributed by atoms with van der Waals surface area (Å²) in [5, 5.41) is 52.0. The van der Waals surface area contributed by atoms with Gasteiger partial charge in [-0.25, -0.2) is 0 Å². The zero-order chi connectivity index (χ0) is 25.7. The highest BCUT2D eigenvalue weighted by atomic mass is 16.3. The molecule has 1 aliphatic rings. The quantitative estimate of drug-likeness (QED) is 0.312. The molecule has 0 spiro atoms. The Bertz CT molecular complexity index is 462. The summed E-state index contributed by atoms with van der Waals surface area (Å²) in [6.07, 6.45) is 26.1. The Morgan fingerprint density at radius 2 is 0.714 bits per heavy atom. The van der Waals surface area contributed by atoms with Gasteiger partial charge < -0.3 is 25.5 Å². The lowest BCUT2D eigenvalue weighted by molar-refractivity contribution is -0.159. The first-order valence-corrected chi connectivity index (χ1v) is 15.2. The van der Waals surface area contributed by atoms with E-state index in [4.69, 9.17) is 0 Å². The van der Waals surface area contributed by atoms with Gasteiger partial charge in [0.15, 0.2) is 0 Å². The van der Waals surface area contributed by atoms with E-state index in [1.807, 2.05) is 0 Å². The molecule has 5 N–H and O–H groups in total. The van der Waals surface area contributed by atoms with Gasteiger partial charge in [-0.2, -0.15) is 0 Å². The second kappa shape index (κ2) is 20.8. The van der Waals surface area contributed by atoms with E-state index < -0.39 is 10.8 Å². The molecular formula is C30H60O5. The minimum absolute atomic E-state index is 0.150. The fourth-order valence-electron chi connectivity index (χ4n) is 6.43. The summed E-state index contributed by atoms with van der Waals surface area (Å²) in [6.45, 7) is -1.41. The maximum absolute atomic E-state index is 10.5. The first-order valence-electron chi connectivity index (χ1n) is 15.2. The Morgan fingerprint density at radius 1 is 0.400 bits per heavy atom. The van der Waals surface area contributed by atoms with Gasteiger partial charge in [0.05, 0.1) is 26.4 Å². The van der Waals surface area contributed by atoms with E-state index in [0.717, 1.165) is 32.1 Å². The predicted octanol–water partition coefficient (Wildman–Crippen LogP) is 6.13. The van der Waals surface area contributed by atoms with Crippen LogP contribution in [0.1, 0.15) is 141 Å². The highest BCUT2D eigenvalue weighted by Gasteiger charge is 2.53. The van der Waals surface area contributed by atoms with Gasteiger partial charge in [-0.05, 0) is 18.8 Å². The minimum atomic E-state index is -1.09. The molecular weight excluding hydrogens is 440 g/mol. The number of aliphatic hydroxyl groups excluding tert-OH is 5. The summed E-state index contributed by atoms with van der Waals surface area (Å²) < 4.78 is 0. The van der Waals surface area contributed by atoms with Gasteiger partial charge >= 0.3 is 0 Å². The van der Waals surface area contributed by atoms with E-state index in [1.165, 1.54) is 96.3 Å². The molecule has 1 rings (SSSR count). The summed E-state index contributed by atoms with van der Waals surface area (Å²) in [7, 11) is 0. The highest BCUT2D eigenvalue weighted by molar-refractivity contribution is 5.01. The molecule has 5 heteroatoms. The van der Waals surface area contributed by atoms with Crippen molar-refractivity contribution in [1.29, 1.82) is 0 Å². The van der Waals surface area contributed by atoms with E-state index in [0.29, 0.717) is 12.8 Å². The maximum Gasteiger partial charge on any atom is 0.0520 e. The number of rotatable bonds is 5. The van der Waals surface area contributed by atoms with Crippen molar-refractivity contribution in [3.8, 4) is 0 Å². The van der Waals surface area contributed by atoms with Crippen LogP contribution in [0.25, 0.3) is 0 Å². The van der Waals surface area contributed by atoms with Crippen molar-refractivity contribution in [2.45, 2.75) is 141 Å². The van der Waals surface area contributed by atoms with Crippen molar-refractivity contribution in [3.05, 3.63) is 0 Å². The van der Waals surface area contributed by atoms with Gasteiger partial charge in [0.1, 0.15) is 0 Å². The van der Waals surface area contributed by atoms with Crippen molar-refractivity contribution >= 4 is 0 Å². The molecule has 5 nitrogen and oxygen atoms in total. The molecule has 0 aromatic carbocycles. The van der Waals surface area contributed by atoms with Gasteiger partial charge in [-0.3, -0.25) is 0 Å². The zero-order valence-corrected chi connectivity index (χ0v) is 22.9. The molecule has 0 bridgehead atoms. The molecule has 1 atom stereocenters. The average Bonchev–Trinajstić information content (AvgIpc) is 2.89. The predicted molar refractivity (Wildman–Crippen MR) is 145 cm³/mol. The minimum Gasteiger partial charge on any atom is -0.396 e. The summed E-state index contributed by atoms with van der Waals surface area (Å²) in [5.41, 5.74) is -2.08. The van der Waals surface area contributed by atoms with E-state index in [1.54, 1.807) is 0 Å². The Labute approximate surface area is 216 Å². The van der Waals surface area contributed by atoms with Crippen LogP contribution < -0.4 is 0 Å². The molecule has 1 fully saturated rings. The van der Waals surface area contributed by atoms with Crippen molar-refractivity contribution in [1.82, 2.24) is 0 Å². The van der Waals surface area contributed by atoms with Gasteiger partial charge in [0, 0.05) is 17.4 Å². The van der Waals surface area contributed by atoms with Crippen LogP contribution in [0.2, 0.25) is 0 Å². The van der Waals surface area contributed by atoms with Crippen LogP contribution in [-0.2, 0) is 0 Å². The van der Waals surface area contributed by atoms with Crippen LogP contribution in [0, 0.1) is 16.7 Å². The number of hydrogen-bond donors (Lipinski definition) is 5. The summed E-state index contributed by atoms with van der Waals surface area (Å²) in [4.78, 5) is 0. The third-order valence-corrected chi connectivity index (χ3v) is 9.19. The van der Waals surface area contributed by atoms with Gasteiger partial charge in [0.2, 0.25) is 0 Å². The van der Waals surface area contributed by atoms with Crippen molar-refractivity contribution < 1.29 is 25.5 Å². The van der Waals surface area contributed by atoms with E-state index in [-0.39, 0.29) is 39.0 Å². The van der Waals surface area contributed by atoms with Crippen LogP contribution in [-0.4, -0.2) is 58.6 Å². The van der Waals surface area contributed by atoms with Crippen molar-refractivity contribution in [3.63, 3.8) is 0 Å². The Hall–Kier alpha value is -0.200. The van der Waals surface area contributed by atoms with E-state index in [2.05, 4.69) is 0 Å². The lowest BCUT2D eigenvalue weighted by Crippen LogP contribution is -2.57. The van der Waals surface area contributed by atoms with Crippen molar-refractivity contribution in [2.24, 2.45) is 16.7 Å². The lowest BCUT2D eigenvalue weighted by Gasteiger charge is -2.51. The van der Waals surface area contributed by atoms with Gasteiger partial charge in [-0.1, -0.05) is 128 Å². The third-order valence-electron chi connectivity index (χ3n) is 9.19. The molecule has 1 aliphatic carbocycles. The largest absolute Gasteiger partial charge is 0.396 e. The van der Waals surface area contributed by atoms with Crippen LogP contribution in [0.3, 0.4) is 0 Å². The normalized spacial score (nSPS) is 25.8. The average molecular weight is 501 g/mol. The molecule has 0 heterocycles. The Balaban J connectivity index is 2.76. The molecule has 35 heavy (non-hydrogen) atoms. The maximum atomic E-state index is 10.5. The molecule has 1 saturated carbocycles. The first-order chi connectivity index (χ1) is 17.2. The van der Waals surface area contributed by atoms with Crippen LogP contribution >= 0.6 is 0 Å². The fourth-order valence-corrected chi connectivity index (χ4v) is 6.43. The second-order valence-electron chi connectivity index (χ2n) is 11.6. The zero-order valence-electron chi connectivity index (χ0n) is 22.9. The molecule has 210 valence electrons. The smallest absolute Gasteiger partial charge is 0.0520 e. The summed E-state index contributed by atoms with van der Waals surface area (Å²) in [5.74, 6) is -0.341. The van der Waals surface area contributed by atoms with Gasteiger partial charge in [0.25, 0.3) is 0 Å². The first kappa shape index (κ1) is 32.8. The lowest BCUT2D eigenvalue weighted by atomic mass is 9.55. The molecule has 0 radical (unpaired) electrons. The van der Waals surface area contributed by atoms with Crippen molar-refractivity contribution in [2.75, 3.05) is 33.0 Å². The number of hydrogen-bond acceptors (Lipinski definition) is 5. The molecule has 0 amide bonds. The van der Waals surface area contributed by atoms with E-state index in [9.17, 15) is 25.5 Å². The standard InChI is InChI=1S/C30H60O5/c31-23-28-21-19-17-15-13-11-9-7-5-3-1-2-4-6-8-10-12-14-16-18-20-22-29(24-32,25-33)30(28,26-34)27-35/h28,31-35H,1-27H2. The molecule has 1 unspecified atom stereocenters. The Kier molecular flexibility index (Phi) is 19.5. The molecule has 0 aliphatic heterocycles.